The maximum atomic E-state index is 13.1. The molecule has 184 valence electrons. The summed E-state index contributed by atoms with van der Waals surface area (Å²) in [7, 11) is 0. The van der Waals surface area contributed by atoms with Crippen molar-refractivity contribution in [2.24, 2.45) is 5.92 Å². The fourth-order valence-corrected chi connectivity index (χ4v) is 4.98. The number of aromatic amines is 1. The van der Waals surface area contributed by atoms with Gasteiger partial charge in [-0.05, 0) is 71.8 Å². The minimum atomic E-state index is -0.135. The molecule has 35 heavy (non-hydrogen) atoms. The summed E-state index contributed by atoms with van der Waals surface area (Å²) >= 11 is 0. The molecular weight excluding hydrogens is 444 g/mol. The predicted molar refractivity (Wildman–Crippen MR) is 132 cm³/mol. The summed E-state index contributed by atoms with van der Waals surface area (Å²) in [6, 6.07) is 11.7. The molecule has 0 radical (unpaired) electrons. The van der Waals surface area contributed by atoms with Gasteiger partial charge in [0.05, 0.1) is 31.5 Å². The average molecular weight is 477 g/mol. The molecule has 1 N–H and O–H groups in total. The first-order chi connectivity index (χ1) is 17.0. The van der Waals surface area contributed by atoms with Gasteiger partial charge in [0.25, 0.3) is 5.56 Å². The number of hydrogen-bond acceptors (Lipinski definition) is 7. The number of pyridine rings is 1. The van der Waals surface area contributed by atoms with Gasteiger partial charge in [0.1, 0.15) is 5.76 Å². The summed E-state index contributed by atoms with van der Waals surface area (Å²) in [5.74, 6) is 1.78. The molecule has 0 aliphatic carbocycles. The molecule has 1 aliphatic heterocycles. The van der Waals surface area contributed by atoms with Crippen LogP contribution in [0.2, 0.25) is 0 Å². The van der Waals surface area contributed by atoms with Crippen LogP contribution in [0.5, 0.6) is 0 Å². The number of ether oxygens (including phenoxy) is 1. The highest BCUT2D eigenvalue weighted by Gasteiger charge is 2.31. The zero-order valence-corrected chi connectivity index (χ0v) is 20.5. The molecule has 4 aromatic rings. The van der Waals surface area contributed by atoms with Crippen molar-refractivity contribution in [2.45, 2.75) is 65.4 Å². The second-order valence-electron chi connectivity index (χ2n) is 9.74. The van der Waals surface area contributed by atoms with Crippen LogP contribution in [0.25, 0.3) is 10.9 Å². The molecule has 0 spiro atoms. The number of tetrazole rings is 1. The third-order valence-electron chi connectivity index (χ3n) is 6.64. The van der Waals surface area contributed by atoms with Crippen LogP contribution in [-0.4, -0.2) is 42.8 Å². The molecule has 9 nitrogen and oxygen atoms in total. The molecule has 9 heteroatoms. The summed E-state index contributed by atoms with van der Waals surface area (Å²) in [5, 5.41) is 13.8. The molecule has 2 atom stereocenters. The first kappa shape index (κ1) is 23.4. The first-order valence-electron chi connectivity index (χ1n) is 12.2. The Morgan fingerprint density at radius 3 is 2.86 bits per heavy atom. The summed E-state index contributed by atoms with van der Waals surface area (Å²) in [5.41, 5.74) is 2.59. The van der Waals surface area contributed by atoms with E-state index in [9.17, 15) is 4.79 Å². The molecule has 2 unspecified atom stereocenters. The zero-order chi connectivity index (χ0) is 24.4. The monoisotopic (exact) mass is 476 g/mol. The van der Waals surface area contributed by atoms with Crippen molar-refractivity contribution in [1.29, 1.82) is 0 Å². The van der Waals surface area contributed by atoms with Gasteiger partial charge in [0, 0.05) is 24.2 Å². The van der Waals surface area contributed by atoms with Gasteiger partial charge in [0.2, 0.25) is 0 Å². The largest absolute Gasteiger partial charge is 0.468 e. The molecule has 0 amide bonds. The second-order valence-corrected chi connectivity index (χ2v) is 9.74. The van der Waals surface area contributed by atoms with Crippen molar-refractivity contribution in [2.75, 3.05) is 6.61 Å². The Morgan fingerprint density at radius 1 is 1.23 bits per heavy atom. The van der Waals surface area contributed by atoms with E-state index in [0.717, 1.165) is 47.5 Å². The Labute approximate surface area is 204 Å². The SMILES string of the molecule is Cc1ccc2[nH]c(=O)c(CN(Cc3ccco3)C(c3nnnn3CC3CCCO3)C(C)C)cc2c1. The molecule has 1 fully saturated rings. The highest BCUT2D eigenvalue weighted by molar-refractivity contribution is 5.79. The average Bonchev–Trinajstić information content (AvgIpc) is 3.59. The van der Waals surface area contributed by atoms with Crippen molar-refractivity contribution >= 4 is 10.9 Å². The van der Waals surface area contributed by atoms with E-state index >= 15 is 0 Å². The Balaban J connectivity index is 1.52. The Kier molecular flexibility index (Phi) is 6.79. The standard InChI is InChI=1S/C26H32N6O3/c1-17(2)24(25-28-29-30-32(25)16-22-7-5-11-35-22)31(15-21-6-4-10-34-21)14-20-13-19-12-18(3)8-9-23(19)27-26(20)33/h4,6,8-10,12-13,17,22,24H,5,7,11,14-16H2,1-3H3,(H,27,33). The maximum absolute atomic E-state index is 13.1. The summed E-state index contributed by atoms with van der Waals surface area (Å²) in [6.45, 7) is 8.71. The van der Waals surface area contributed by atoms with E-state index in [0.29, 0.717) is 25.2 Å². The lowest BCUT2D eigenvalue weighted by Gasteiger charge is -2.33. The number of nitrogens with one attached hydrogen (secondary N) is 1. The third kappa shape index (κ3) is 5.21. The Hall–Kier alpha value is -3.30. The zero-order valence-electron chi connectivity index (χ0n) is 20.5. The normalized spacial score (nSPS) is 17.1. The smallest absolute Gasteiger partial charge is 0.252 e. The summed E-state index contributed by atoms with van der Waals surface area (Å²) < 4.78 is 13.4. The van der Waals surface area contributed by atoms with Crippen LogP contribution in [0, 0.1) is 12.8 Å². The van der Waals surface area contributed by atoms with Crippen LogP contribution in [0.4, 0.5) is 0 Å². The van der Waals surface area contributed by atoms with Gasteiger partial charge < -0.3 is 14.1 Å². The molecule has 0 bridgehead atoms. The highest BCUT2D eigenvalue weighted by Crippen LogP contribution is 2.31. The Morgan fingerprint density at radius 2 is 2.11 bits per heavy atom. The number of benzene rings is 1. The van der Waals surface area contributed by atoms with Gasteiger partial charge in [-0.2, -0.15) is 0 Å². The van der Waals surface area contributed by atoms with E-state index < -0.39 is 0 Å². The fraction of sp³-hybridized carbons (Fsp3) is 0.462. The first-order valence-corrected chi connectivity index (χ1v) is 12.2. The van der Waals surface area contributed by atoms with Gasteiger partial charge in [0.15, 0.2) is 5.82 Å². The van der Waals surface area contributed by atoms with Crippen molar-refractivity contribution in [3.8, 4) is 0 Å². The van der Waals surface area contributed by atoms with Gasteiger partial charge in [-0.25, -0.2) is 4.68 Å². The van der Waals surface area contributed by atoms with E-state index in [1.54, 1.807) is 6.26 Å². The van der Waals surface area contributed by atoms with Crippen molar-refractivity contribution in [3.05, 3.63) is 75.7 Å². The number of fused-ring (bicyclic) bond motifs is 1. The summed E-state index contributed by atoms with van der Waals surface area (Å²) in [6.07, 6.45) is 3.86. The highest BCUT2D eigenvalue weighted by atomic mass is 16.5. The Bertz CT molecular complexity index is 1320. The van der Waals surface area contributed by atoms with Crippen LogP contribution in [-0.2, 0) is 24.4 Å². The van der Waals surface area contributed by atoms with Gasteiger partial charge in [-0.15, -0.1) is 5.10 Å². The molecule has 1 aliphatic rings. The van der Waals surface area contributed by atoms with Crippen LogP contribution in [0.15, 0.2) is 51.9 Å². The van der Waals surface area contributed by atoms with E-state index in [1.165, 1.54) is 0 Å². The molecule has 1 aromatic carbocycles. The molecule has 3 aromatic heterocycles. The molecule has 5 rings (SSSR count). The topological polar surface area (TPSA) is 102 Å². The van der Waals surface area contributed by atoms with Crippen molar-refractivity contribution in [1.82, 2.24) is 30.1 Å². The van der Waals surface area contributed by atoms with E-state index in [4.69, 9.17) is 9.15 Å². The van der Waals surface area contributed by atoms with Crippen molar-refractivity contribution < 1.29 is 9.15 Å². The predicted octanol–water partition coefficient (Wildman–Crippen LogP) is 3.99. The summed E-state index contributed by atoms with van der Waals surface area (Å²) in [4.78, 5) is 18.3. The van der Waals surface area contributed by atoms with Gasteiger partial charge in [-0.1, -0.05) is 25.5 Å². The van der Waals surface area contributed by atoms with Gasteiger partial charge >= 0.3 is 0 Å². The number of rotatable bonds is 9. The molecule has 0 saturated carbocycles. The van der Waals surface area contributed by atoms with E-state index in [1.807, 2.05) is 35.0 Å². The van der Waals surface area contributed by atoms with Crippen LogP contribution >= 0.6 is 0 Å². The second kappa shape index (κ2) is 10.1. The fourth-order valence-electron chi connectivity index (χ4n) is 4.98. The number of nitrogens with zero attached hydrogens (tertiary/aromatic N) is 5. The number of aryl methyl sites for hydroxylation is 1. The molecule has 4 heterocycles. The quantitative estimate of drug-likeness (QED) is 0.390. The van der Waals surface area contributed by atoms with Gasteiger partial charge in [-0.3, -0.25) is 9.69 Å². The number of H-pyrrole nitrogens is 1. The van der Waals surface area contributed by atoms with Crippen LogP contribution in [0.3, 0.4) is 0 Å². The lowest BCUT2D eigenvalue weighted by molar-refractivity contribution is 0.0836. The van der Waals surface area contributed by atoms with Crippen LogP contribution in [0.1, 0.15) is 55.4 Å². The molecule has 1 saturated heterocycles. The van der Waals surface area contributed by atoms with Crippen LogP contribution < -0.4 is 5.56 Å². The minimum Gasteiger partial charge on any atom is -0.468 e. The van der Waals surface area contributed by atoms with E-state index in [-0.39, 0.29) is 23.6 Å². The third-order valence-corrected chi connectivity index (χ3v) is 6.64. The maximum Gasteiger partial charge on any atom is 0.252 e. The number of hydrogen-bond donors (Lipinski definition) is 1. The lowest BCUT2D eigenvalue weighted by atomic mass is 10.00. The van der Waals surface area contributed by atoms with E-state index in [2.05, 4.69) is 52.2 Å². The van der Waals surface area contributed by atoms with Crippen molar-refractivity contribution in [3.63, 3.8) is 0 Å². The number of furan rings is 1. The minimum absolute atomic E-state index is 0.0905. The lowest BCUT2D eigenvalue weighted by Crippen LogP contribution is -2.35. The molecular formula is C26H32N6O3. The number of aromatic nitrogens is 5.